The average Bonchev–Trinajstić information content (AvgIpc) is 3.21. The Morgan fingerprint density at radius 3 is 1.74 bits per heavy atom. The number of fused-ring (bicyclic) bond motifs is 3. The standard InChI is InChI=1S/C24H30B2O5/c1-21(2)22(3,4)29-25(28-21)15-12-13-19-17(14-15)16-10-9-11-18(20(16)27-19)26-30-23(5,6)24(7,8)31-26/h9-14H,1-8H3. The van der Waals surface area contributed by atoms with Crippen molar-refractivity contribution in [3.05, 3.63) is 36.4 Å². The molecule has 7 heteroatoms. The van der Waals surface area contributed by atoms with Gasteiger partial charge in [-0.15, -0.1) is 0 Å². The van der Waals surface area contributed by atoms with Crippen molar-refractivity contribution in [3.63, 3.8) is 0 Å². The van der Waals surface area contributed by atoms with E-state index < -0.39 is 25.4 Å². The van der Waals surface area contributed by atoms with E-state index >= 15 is 0 Å². The van der Waals surface area contributed by atoms with Gasteiger partial charge in [-0.25, -0.2) is 0 Å². The summed E-state index contributed by atoms with van der Waals surface area (Å²) in [5.41, 5.74) is 1.93. The third kappa shape index (κ3) is 3.09. The lowest BCUT2D eigenvalue weighted by molar-refractivity contribution is 0.00578. The molecule has 31 heavy (non-hydrogen) atoms. The first kappa shape index (κ1) is 21.1. The molecule has 2 fully saturated rings. The number of rotatable bonds is 2. The van der Waals surface area contributed by atoms with Crippen molar-refractivity contribution in [2.45, 2.75) is 77.8 Å². The predicted molar refractivity (Wildman–Crippen MR) is 125 cm³/mol. The van der Waals surface area contributed by atoms with E-state index in [1.54, 1.807) is 0 Å². The first-order valence-electron chi connectivity index (χ1n) is 11.0. The lowest BCUT2D eigenvalue weighted by Crippen LogP contribution is -2.41. The highest BCUT2D eigenvalue weighted by molar-refractivity contribution is 6.65. The van der Waals surface area contributed by atoms with Crippen molar-refractivity contribution in [3.8, 4) is 0 Å². The molecule has 0 N–H and O–H groups in total. The molecule has 2 saturated heterocycles. The van der Waals surface area contributed by atoms with Crippen molar-refractivity contribution in [1.29, 1.82) is 0 Å². The smallest absolute Gasteiger partial charge is 0.456 e. The summed E-state index contributed by atoms with van der Waals surface area (Å²) in [6, 6.07) is 12.2. The van der Waals surface area contributed by atoms with E-state index in [2.05, 4.69) is 67.5 Å². The Hall–Kier alpha value is -1.79. The molecule has 2 aromatic carbocycles. The second kappa shape index (κ2) is 6.38. The van der Waals surface area contributed by atoms with Crippen LogP contribution in [0.5, 0.6) is 0 Å². The molecule has 3 heterocycles. The van der Waals surface area contributed by atoms with Crippen LogP contribution in [0.2, 0.25) is 0 Å². The van der Waals surface area contributed by atoms with E-state index in [4.69, 9.17) is 23.0 Å². The second-order valence-electron chi connectivity index (χ2n) is 10.8. The Morgan fingerprint density at radius 1 is 0.613 bits per heavy atom. The monoisotopic (exact) mass is 420 g/mol. The quantitative estimate of drug-likeness (QED) is 0.583. The maximum absolute atomic E-state index is 6.29. The molecule has 0 atom stereocenters. The Kier molecular flexibility index (Phi) is 4.34. The Balaban J connectivity index is 1.57. The molecule has 162 valence electrons. The van der Waals surface area contributed by atoms with Gasteiger partial charge in [0.25, 0.3) is 0 Å². The molecule has 0 unspecified atom stereocenters. The minimum atomic E-state index is -0.475. The van der Waals surface area contributed by atoms with Gasteiger partial charge in [0.05, 0.1) is 22.4 Å². The molecule has 0 amide bonds. The molecule has 0 bridgehead atoms. The third-order valence-electron chi connectivity index (χ3n) is 7.58. The van der Waals surface area contributed by atoms with E-state index in [9.17, 15) is 0 Å². The number of hydrogen-bond acceptors (Lipinski definition) is 5. The molecule has 2 aliphatic heterocycles. The van der Waals surface area contributed by atoms with Crippen molar-refractivity contribution in [2.75, 3.05) is 0 Å². The van der Waals surface area contributed by atoms with Crippen LogP contribution >= 0.6 is 0 Å². The summed E-state index contributed by atoms with van der Waals surface area (Å²) in [6.45, 7) is 16.5. The third-order valence-corrected chi connectivity index (χ3v) is 7.58. The number of para-hydroxylation sites is 1. The average molecular weight is 420 g/mol. The first-order chi connectivity index (χ1) is 14.3. The van der Waals surface area contributed by atoms with E-state index in [0.717, 1.165) is 32.9 Å². The number of benzene rings is 2. The molecular weight excluding hydrogens is 390 g/mol. The lowest BCUT2D eigenvalue weighted by Gasteiger charge is -2.32. The van der Waals surface area contributed by atoms with Crippen LogP contribution in [-0.4, -0.2) is 36.6 Å². The molecule has 5 rings (SSSR count). The highest BCUT2D eigenvalue weighted by Crippen LogP contribution is 2.39. The molecule has 0 aliphatic carbocycles. The van der Waals surface area contributed by atoms with Gasteiger partial charge in [-0.3, -0.25) is 0 Å². The molecule has 1 aromatic heterocycles. The molecule has 5 nitrogen and oxygen atoms in total. The zero-order chi connectivity index (χ0) is 22.4. The molecule has 2 aliphatic rings. The van der Waals surface area contributed by atoms with Gasteiger partial charge in [-0.05, 0) is 66.9 Å². The van der Waals surface area contributed by atoms with Gasteiger partial charge in [0, 0.05) is 16.2 Å². The van der Waals surface area contributed by atoms with Gasteiger partial charge >= 0.3 is 14.2 Å². The van der Waals surface area contributed by atoms with Gasteiger partial charge in [0.15, 0.2) is 0 Å². The zero-order valence-corrected chi connectivity index (χ0v) is 19.7. The van der Waals surface area contributed by atoms with E-state index in [-0.39, 0.29) is 11.2 Å². The van der Waals surface area contributed by atoms with Crippen LogP contribution in [0, 0.1) is 0 Å². The van der Waals surface area contributed by atoms with Crippen LogP contribution in [-0.2, 0) is 18.6 Å². The van der Waals surface area contributed by atoms with Gasteiger partial charge in [0.1, 0.15) is 11.2 Å². The number of hydrogen-bond donors (Lipinski definition) is 0. The van der Waals surface area contributed by atoms with Crippen LogP contribution in [0.4, 0.5) is 0 Å². The van der Waals surface area contributed by atoms with Crippen molar-refractivity contribution in [2.24, 2.45) is 0 Å². The second-order valence-corrected chi connectivity index (χ2v) is 10.8. The summed E-state index contributed by atoms with van der Waals surface area (Å²) in [5, 5.41) is 2.06. The van der Waals surface area contributed by atoms with E-state index in [1.807, 2.05) is 24.3 Å². The fourth-order valence-electron chi connectivity index (χ4n) is 4.12. The molecular formula is C24H30B2O5. The van der Waals surface area contributed by atoms with Gasteiger partial charge in [-0.2, -0.15) is 0 Å². The summed E-state index contributed by atoms with van der Waals surface area (Å²) in [4.78, 5) is 0. The van der Waals surface area contributed by atoms with Crippen LogP contribution in [0.3, 0.4) is 0 Å². The van der Waals surface area contributed by atoms with E-state index in [0.29, 0.717) is 0 Å². The first-order valence-corrected chi connectivity index (χ1v) is 11.0. The Bertz CT molecular complexity index is 1150. The van der Waals surface area contributed by atoms with Crippen LogP contribution in [0.25, 0.3) is 21.9 Å². The Morgan fingerprint density at radius 2 is 1.16 bits per heavy atom. The highest BCUT2D eigenvalue weighted by atomic mass is 16.7. The highest BCUT2D eigenvalue weighted by Gasteiger charge is 2.53. The molecule has 0 saturated carbocycles. The topological polar surface area (TPSA) is 50.1 Å². The summed E-state index contributed by atoms with van der Waals surface area (Å²) in [7, 11) is -0.887. The van der Waals surface area contributed by atoms with Crippen molar-refractivity contribution < 1.29 is 23.0 Å². The summed E-state index contributed by atoms with van der Waals surface area (Å²) >= 11 is 0. The van der Waals surface area contributed by atoms with Crippen molar-refractivity contribution in [1.82, 2.24) is 0 Å². The van der Waals surface area contributed by atoms with Gasteiger partial charge < -0.3 is 23.0 Å². The largest absolute Gasteiger partial charge is 0.498 e. The SMILES string of the molecule is CC1(C)OB(c2ccc3oc4c(B5OC(C)(C)C(C)(C)O5)cccc4c3c2)OC1(C)C. The van der Waals surface area contributed by atoms with Gasteiger partial charge in [-0.1, -0.05) is 30.3 Å². The lowest BCUT2D eigenvalue weighted by atomic mass is 9.77. The fourth-order valence-corrected chi connectivity index (χ4v) is 4.12. The van der Waals surface area contributed by atoms with Crippen LogP contribution in [0.15, 0.2) is 40.8 Å². The van der Waals surface area contributed by atoms with Crippen LogP contribution in [0.1, 0.15) is 55.4 Å². The molecule has 0 radical (unpaired) electrons. The predicted octanol–water partition coefficient (Wildman–Crippen LogP) is 4.18. The van der Waals surface area contributed by atoms with Gasteiger partial charge in [0.2, 0.25) is 0 Å². The molecule has 0 spiro atoms. The van der Waals surface area contributed by atoms with Crippen LogP contribution < -0.4 is 10.9 Å². The minimum absolute atomic E-state index is 0.380. The maximum atomic E-state index is 6.29. The summed E-state index contributed by atoms with van der Waals surface area (Å²) < 4.78 is 31.3. The molecule has 3 aromatic rings. The fraction of sp³-hybridized carbons (Fsp3) is 0.500. The van der Waals surface area contributed by atoms with Crippen molar-refractivity contribution >= 4 is 47.1 Å². The Labute approximate surface area is 184 Å². The summed E-state index contributed by atoms with van der Waals surface area (Å²) in [6.07, 6.45) is 0. The number of furan rings is 1. The summed E-state index contributed by atoms with van der Waals surface area (Å²) in [5.74, 6) is 0. The minimum Gasteiger partial charge on any atom is -0.456 e. The van der Waals surface area contributed by atoms with E-state index in [1.165, 1.54) is 0 Å². The maximum Gasteiger partial charge on any atom is 0.498 e. The normalized spacial score (nSPS) is 23.9. The zero-order valence-electron chi connectivity index (χ0n) is 19.7.